The van der Waals surface area contributed by atoms with Crippen molar-refractivity contribution >= 4 is 45.9 Å². The standard InChI is InChI=1S/C14H18IN5O3/c1-19(2)7-16-14-17-12-11(13(22)18-14)9(15)5-20(12)10-4-3-8(6-21)23-10/h5,7-8,10,21H,3-4,6H2,1-2H3,(H,17,18,22)/b16-7+/t8-,10+/m0/s1. The smallest absolute Gasteiger partial charge is 0.262 e. The number of aromatic amines is 1. The van der Waals surface area contributed by atoms with E-state index in [0.717, 1.165) is 16.4 Å². The van der Waals surface area contributed by atoms with Gasteiger partial charge in [-0.1, -0.05) is 0 Å². The lowest BCUT2D eigenvalue weighted by molar-refractivity contribution is -0.0205. The van der Waals surface area contributed by atoms with Gasteiger partial charge in [0.15, 0.2) is 5.65 Å². The Hall–Kier alpha value is -1.46. The molecule has 0 aliphatic carbocycles. The first kappa shape index (κ1) is 16.4. The largest absolute Gasteiger partial charge is 0.394 e. The van der Waals surface area contributed by atoms with Gasteiger partial charge in [0.1, 0.15) is 6.23 Å². The minimum Gasteiger partial charge on any atom is -0.394 e. The van der Waals surface area contributed by atoms with Crippen molar-refractivity contribution in [1.82, 2.24) is 19.4 Å². The van der Waals surface area contributed by atoms with Crippen molar-refractivity contribution in [3.05, 3.63) is 20.1 Å². The number of hydrogen-bond acceptors (Lipinski definition) is 5. The number of aromatic nitrogens is 3. The highest BCUT2D eigenvalue weighted by Crippen LogP contribution is 2.32. The number of hydrogen-bond donors (Lipinski definition) is 2. The third kappa shape index (κ3) is 3.26. The van der Waals surface area contributed by atoms with Gasteiger partial charge < -0.3 is 19.3 Å². The van der Waals surface area contributed by atoms with Gasteiger partial charge in [0.05, 0.1) is 24.4 Å². The number of rotatable bonds is 4. The summed E-state index contributed by atoms with van der Waals surface area (Å²) in [6, 6.07) is 0. The number of aliphatic imine (C=N–C) groups is 1. The summed E-state index contributed by atoms with van der Waals surface area (Å²) in [6.45, 7) is -0.000810. The minimum absolute atomic E-state index is 0.000810. The van der Waals surface area contributed by atoms with Crippen LogP contribution in [0, 0.1) is 3.57 Å². The number of halogens is 1. The Labute approximate surface area is 146 Å². The molecule has 0 radical (unpaired) electrons. The van der Waals surface area contributed by atoms with Gasteiger partial charge in [-0.2, -0.15) is 4.98 Å². The molecule has 1 aliphatic heterocycles. The van der Waals surface area contributed by atoms with Crippen LogP contribution in [0.5, 0.6) is 0 Å². The Bertz CT molecular complexity index is 798. The number of nitrogens with one attached hydrogen (secondary N) is 1. The van der Waals surface area contributed by atoms with Gasteiger partial charge in [0, 0.05) is 23.9 Å². The van der Waals surface area contributed by atoms with Crippen LogP contribution in [-0.4, -0.2) is 57.7 Å². The summed E-state index contributed by atoms with van der Waals surface area (Å²) in [4.78, 5) is 25.4. The van der Waals surface area contributed by atoms with Crippen molar-refractivity contribution in [3.8, 4) is 0 Å². The molecule has 2 aromatic heterocycles. The van der Waals surface area contributed by atoms with Crippen molar-refractivity contribution in [2.75, 3.05) is 20.7 Å². The molecular formula is C14H18IN5O3. The summed E-state index contributed by atoms with van der Waals surface area (Å²) in [6.07, 6.45) is 4.61. The van der Waals surface area contributed by atoms with E-state index >= 15 is 0 Å². The SMILES string of the molecule is CN(C)/C=N/c1nc2c(c(I)cn2[C@H]2CC[C@@H](CO)O2)c(=O)[nH]1. The Morgan fingerprint density at radius 3 is 3.04 bits per heavy atom. The first-order valence-corrected chi connectivity index (χ1v) is 8.34. The number of fused-ring (bicyclic) bond motifs is 1. The predicted molar refractivity (Wildman–Crippen MR) is 95.1 cm³/mol. The third-order valence-electron chi connectivity index (χ3n) is 3.63. The molecule has 124 valence electrons. The first-order chi connectivity index (χ1) is 11.0. The van der Waals surface area contributed by atoms with E-state index in [1.807, 2.05) is 24.9 Å². The Kier molecular flexibility index (Phi) is 4.69. The summed E-state index contributed by atoms with van der Waals surface area (Å²) in [5.74, 6) is 0.253. The number of aliphatic hydroxyl groups excluding tert-OH is 1. The van der Waals surface area contributed by atoms with E-state index in [4.69, 9.17) is 4.74 Å². The van der Waals surface area contributed by atoms with Crippen LogP contribution in [0.25, 0.3) is 11.0 Å². The minimum atomic E-state index is -0.224. The monoisotopic (exact) mass is 431 g/mol. The molecule has 0 unspecified atom stereocenters. The highest BCUT2D eigenvalue weighted by atomic mass is 127. The van der Waals surface area contributed by atoms with Crippen LogP contribution in [0.4, 0.5) is 5.95 Å². The summed E-state index contributed by atoms with van der Waals surface area (Å²) in [5, 5.41) is 9.76. The Balaban J connectivity index is 2.07. The quantitative estimate of drug-likeness (QED) is 0.431. The lowest BCUT2D eigenvalue weighted by Gasteiger charge is -2.14. The van der Waals surface area contributed by atoms with Gasteiger partial charge in [-0.15, -0.1) is 0 Å². The van der Waals surface area contributed by atoms with Crippen LogP contribution in [0.3, 0.4) is 0 Å². The lowest BCUT2D eigenvalue weighted by atomic mass is 10.2. The van der Waals surface area contributed by atoms with Gasteiger partial charge in [-0.3, -0.25) is 9.78 Å². The Morgan fingerprint density at radius 2 is 2.39 bits per heavy atom. The van der Waals surface area contributed by atoms with Crippen molar-refractivity contribution in [2.24, 2.45) is 4.99 Å². The van der Waals surface area contributed by atoms with Crippen molar-refractivity contribution < 1.29 is 9.84 Å². The van der Waals surface area contributed by atoms with Crippen LogP contribution in [0.2, 0.25) is 0 Å². The van der Waals surface area contributed by atoms with Crippen molar-refractivity contribution in [1.29, 1.82) is 0 Å². The van der Waals surface area contributed by atoms with Crippen molar-refractivity contribution in [2.45, 2.75) is 25.2 Å². The third-order valence-corrected chi connectivity index (χ3v) is 4.45. The number of ether oxygens (including phenoxy) is 1. The molecule has 2 atom stereocenters. The molecule has 1 aliphatic rings. The molecule has 0 aromatic carbocycles. The molecule has 1 saturated heterocycles. The van der Waals surface area contributed by atoms with E-state index < -0.39 is 0 Å². The number of aliphatic hydroxyl groups is 1. The summed E-state index contributed by atoms with van der Waals surface area (Å²) < 4.78 is 8.48. The zero-order valence-electron chi connectivity index (χ0n) is 12.9. The summed E-state index contributed by atoms with van der Waals surface area (Å²) >= 11 is 2.12. The fourth-order valence-corrected chi connectivity index (χ4v) is 3.36. The number of H-pyrrole nitrogens is 1. The van der Waals surface area contributed by atoms with Gasteiger partial charge >= 0.3 is 0 Å². The van der Waals surface area contributed by atoms with E-state index in [2.05, 4.69) is 37.6 Å². The summed E-state index contributed by atoms with van der Waals surface area (Å²) in [5.41, 5.74) is 0.327. The average Bonchev–Trinajstić information content (AvgIpc) is 3.10. The maximum Gasteiger partial charge on any atom is 0.262 e. The average molecular weight is 431 g/mol. The predicted octanol–water partition coefficient (Wildman–Crippen LogP) is 1.22. The van der Waals surface area contributed by atoms with Gasteiger partial charge in [0.2, 0.25) is 5.95 Å². The van der Waals surface area contributed by atoms with Gasteiger partial charge in [-0.05, 0) is 35.4 Å². The second-order valence-electron chi connectivity index (χ2n) is 5.65. The van der Waals surface area contributed by atoms with Crippen molar-refractivity contribution in [3.63, 3.8) is 0 Å². The molecule has 9 heteroatoms. The number of nitrogens with zero attached hydrogens (tertiary/aromatic N) is 4. The molecule has 1 fully saturated rings. The molecule has 0 saturated carbocycles. The first-order valence-electron chi connectivity index (χ1n) is 7.27. The topological polar surface area (TPSA) is 95.7 Å². The molecule has 8 nitrogen and oxygen atoms in total. The van der Waals surface area contributed by atoms with E-state index in [1.165, 1.54) is 0 Å². The zero-order chi connectivity index (χ0) is 16.6. The van der Waals surface area contributed by atoms with Crippen LogP contribution >= 0.6 is 22.6 Å². The molecule has 0 bridgehead atoms. The zero-order valence-corrected chi connectivity index (χ0v) is 15.0. The maximum absolute atomic E-state index is 12.3. The van der Waals surface area contributed by atoms with Gasteiger partial charge in [0.25, 0.3) is 5.56 Å². The fraction of sp³-hybridized carbons (Fsp3) is 0.500. The fourth-order valence-electron chi connectivity index (χ4n) is 2.58. The van der Waals surface area contributed by atoms with Crippen LogP contribution in [-0.2, 0) is 4.74 Å². The van der Waals surface area contributed by atoms with Crippen LogP contribution in [0.1, 0.15) is 19.1 Å². The van der Waals surface area contributed by atoms with Crippen LogP contribution < -0.4 is 5.56 Å². The molecule has 3 rings (SSSR count). The highest BCUT2D eigenvalue weighted by molar-refractivity contribution is 14.1. The molecular weight excluding hydrogens is 413 g/mol. The van der Waals surface area contributed by atoms with E-state index in [1.54, 1.807) is 11.2 Å². The normalized spacial score (nSPS) is 21.6. The molecule has 0 spiro atoms. The van der Waals surface area contributed by atoms with E-state index in [0.29, 0.717) is 11.0 Å². The maximum atomic E-state index is 12.3. The molecule has 23 heavy (non-hydrogen) atoms. The molecule has 0 amide bonds. The summed E-state index contributed by atoms with van der Waals surface area (Å²) in [7, 11) is 3.68. The molecule has 3 heterocycles. The molecule has 2 N–H and O–H groups in total. The second-order valence-corrected chi connectivity index (χ2v) is 6.82. The van der Waals surface area contributed by atoms with Crippen LogP contribution in [0.15, 0.2) is 16.0 Å². The van der Waals surface area contributed by atoms with E-state index in [9.17, 15) is 9.90 Å². The Morgan fingerprint density at radius 1 is 1.61 bits per heavy atom. The molecule has 2 aromatic rings. The van der Waals surface area contributed by atoms with E-state index in [-0.39, 0.29) is 30.4 Å². The second kappa shape index (κ2) is 6.57. The van der Waals surface area contributed by atoms with Gasteiger partial charge in [-0.25, -0.2) is 4.99 Å². The highest BCUT2D eigenvalue weighted by Gasteiger charge is 2.28. The lowest BCUT2D eigenvalue weighted by Crippen LogP contribution is -2.15.